The van der Waals surface area contributed by atoms with Gasteiger partial charge in [0.2, 0.25) is 5.91 Å². The van der Waals surface area contributed by atoms with Crippen molar-refractivity contribution in [2.45, 2.75) is 32.9 Å². The molecule has 18 heavy (non-hydrogen) atoms. The Hall–Kier alpha value is -1.55. The van der Waals surface area contributed by atoms with Gasteiger partial charge in [-0.3, -0.25) is 4.79 Å². The summed E-state index contributed by atoms with van der Waals surface area (Å²) in [5.41, 5.74) is 1.01. The Kier molecular flexibility index (Phi) is 5.65. The first kappa shape index (κ1) is 14.5. The van der Waals surface area contributed by atoms with Crippen LogP contribution in [0.15, 0.2) is 24.3 Å². The Bertz CT molecular complexity index is 376. The minimum absolute atomic E-state index is 0.122. The molecule has 100 valence electrons. The minimum Gasteiger partial charge on any atom is -0.508 e. The highest BCUT2D eigenvalue weighted by Crippen LogP contribution is 2.11. The lowest BCUT2D eigenvalue weighted by molar-refractivity contribution is -0.130. The van der Waals surface area contributed by atoms with Gasteiger partial charge in [-0.05, 0) is 31.2 Å². The van der Waals surface area contributed by atoms with Crippen LogP contribution in [-0.4, -0.2) is 35.5 Å². The lowest BCUT2D eigenvalue weighted by Crippen LogP contribution is -2.34. The predicted octanol–water partition coefficient (Wildman–Crippen LogP) is 1.74. The van der Waals surface area contributed by atoms with Crippen LogP contribution in [0.2, 0.25) is 0 Å². The fourth-order valence-corrected chi connectivity index (χ4v) is 1.80. The van der Waals surface area contributed by atoms with Gasteiger partial charge in [-0.15, -0.1) is 0 Å². The molecule has 0 heterocycles. The van der Waals surface area contributed by atoms with E-state index >= 15 is 0 Å². The normalized spacial score (nSPS) is 12.2. The summed E-state index contributed by atoms with van der Waals surface area (Å²) in [5, 5.41) is 12.4. The topological polar surface area (TPSA) is 52.6 Å². The minimum atomic E-state index is 0.122. The molecule has 1 amide bonds. The molecule has 1 rings (SSSR count). The number of phenols is 1. The summed E-state index contributed by atoms with van der Waals surface area (Å²) in [7, 11) is 1.80. The average Bonchev–Trinajstić information content (AvgIpc) is 2.32. The van der Waals surface area contributed by atoms with Gasteiger partial charge in [-0.1, -0.05) is 19.1 Å². The quantitative estimate of drug-likeness (QED) is 0.808. The molecule has 0 saturated heterocycles. The summed E-state index contributed by atoms with van der Waals surface area (Å²) in [6.45, 7) is 5.48. The van der Waals surface area contributed by atoms with E-state index in [-0.39, 0.29) is 17.7 Å². The number of amides is 1. The van der Waals surface area contributed by atoms with E-state index in [4.69, 9.17) is 0 Å². The van der Waals surface area contributed by atoms with Crippen LogP contribution in [0.3, 0.4) is 0 Å². The second kappa shape index (κ2) is 7.01. The number of nitrogens with one attached hydrogen (secondary N) is 1. The van der Waals surface area contributed by atoms with Crippen molar-refractivity contribution >= 4 is 5.91 Å². The number of carbonyl (C=O) groups excluding carboxylic acids is 1. The lowest BCUT2D eigenvalue weighted by atomic mass is 10.2. The van der Waals surface area contributed by atoms with Crippen molar-refractivity contribution in [2.24, 2.45) is 0 Å². The molecule has 0 radical (unpaired) electrons. The van der Waals surface area contributed by atoms with Crippen molar-refractivity contribution in [3.8, 4) is 5.75 Å². The monoisotopic (exact) mass is 250 g/mol. The second-order valence-corrected chi connectivity index (χ2v) is 4.58. The van der Waals surface area contributed by atoms with Gasteiger partial charge in [-0.2, -0.15) is 0 Å². The van der Waals surface area contributed by atoms with Crippen molar-refractivity contribution in [3.05, 3.63) is 29.8 Å². The van der Waals surface area contributed by atoms with Gasteiger partial charge in [-0.25, -0.2) is 0 Å². The maximum atomic E-state index is 11.9. The van der Waals surface area contributed by atoms with Crippen molar-refractivity contribution in [3.63, 3.8) is 0 Å². The van der Waals surface area contributed by atoms with Crippen LogP contribution in [-0.2, 0) is 11.3 Å². The van der Waals surface area contributed by atoms with Crippen LogP contribution in [0.5, 0.6) is 5.75 Å². The number of aromatic hydroxyl groups is 1. The number of benzene rings is 1. The Morgan fingerprint density at radius 3 is 2.56 bits per heavy atom. The van der Waals surface area contributed by atoms with E-state index in [0.29, 0.717) is 13.0 Å². The third kappa shape index (κ3) is 4.75. The standard InChI is InChI=1S/C14H22N2O2/c1-4-15-11(2)9-14(18)16(3)10-12-5-7-13(17)8-6-12/h5-8,11,15,17H,4,9-10H2,1-3H3. The van der Waals surface area contributed by atoms with E-state index in [1.807, 2.05) is 26.0 Å². The molecular weight excluding hydrogens is 228 g/mol. The molecule has 0 spiro atoms. The van der Waals surface area contributed by atoms with Gasteiger partial charge in [0.15, 0.2) is 0 Å². The van der Waals surface area contributed by atoms with Crippen LogP contribution < -0.4 is 5.32 Å². The van der Waals surface area contributed by atoms with Gasteiger partial charge in [0.25, 0.3) is 0 Å². The highest BCUT2D eigenvalue weighted by atomic mass is 16.3. The van der Waals surface area contributed by atoms with E-state index in [2.05, 4.69) is 5.32 Å². The second-order valence-electron chi connectivity index (χ2n) is 4.58. The van der Waals surface area contributed by atoms with Crippen molar-refractivity contribution in [2.75, 3.05) is 13.6 Å². The summed E-state index contributed by atoms with van der Waals surface area (Å²) in [6.07, 6.45) is 0.502. The molecular formula is C14H22N2O2. The molecule has 0 aliphatic heterocycles. The summed E-state index contributed by atoms with van der Waals surface area (Å²) < 4.78 is 0. The highest BCUT2D eigenvalue weighted by Gasteiger charge is 2.12. The predicted molar refractivity (Wildman–Crippen MR) is 72.3 cm³/mol. The fraction of sp³-hybridized carbons (Fsp3) is 0.500. The third-order valence-electron chi connectivity index (χ3n) is 2.82. The Morgan fingerprint density at radius 2 is 2.00 bits per heavy atom. The first-order valence-electron chi connectivity index (χ1n) is 6.28. The molecule has 0 aromatic heterocycles. The summed E-state index contributed by atoms with van der Waals surface area (Å²) in [4.78, 5) is 13.6. The molecule has 1 aromatic rings. The van der Waals surface area contributed by atoms with Gasteiger partial charge < -0.3 is 15.3 Å². The molecule has 4 heteroatoms. The summed E-state index contributed by atoms with van der Waals surface area (Å²) in [5.74, 6) is 0.366. The van der Waals surface area contributed by atoms with Gasteiger partial charge in [0.05, 0.1) is 0 Å². The maximum Gasteiger partial charge on any atom is 0.224 e. The number of phenolic OH excluding ortho intramolecular Hbond substituents is 1. The number of rotatable bonds is 6. The van der Waals surface area contributed by atoms with E-state index in [9.17, 15) is 9.90 Å². The smallest absolute Gasteiger partial charge is 0.224 e. The zero-order valence-electron chi connectivity index (χ0n) is 11.3. The van der Waals surface area contributed by atoms with Crippen LogP contribution in [0, 0.1) is 0 Å². The molecule has 4 nitrogen and oxygen atoms in total. The number of hydrogen-bond donors (Lipinski definition) is 2. The molecule has 0 fully saturated rings. The zero-order chi connectivity index (χ0) is 13.5. The van der Waals surface area contributed by atoms with Crippen LogP contribution in [0.1, 0.15) is 25.8 Å². The Morgan fingerprint density at radius 1 is 1.39 bits per heavy atom. The Balaban J connectivity index is 2.46. The fourth-order valence-electron chi connectivity index (χ4n) is 1.80. The SMILES string of the molecule is CCNC(C)CC(=O)N(C)Cc1ccc(O)cc1. The summed E-state index contributed by atoms with van der Waals surface area (Å²) >= 11 is 0. The number of hydrogen-bond acceptors (Lipinski definition) is 3. The van der Waals surface area contributed by atoms with Crippen molar-refractivity contribution in [1.29, 1.82) is 0 Å². The first-order chi connectivity index (χ1) is 8.52. The lowest BCUT2D eigenvalue weighted by Gasteiger charge is -2.20. The summed E-state index contributed by atoms with van der Waals surface area (Å²) in [6, 6.07) is 7.12. The molecule has 2 N–H and O–H groups in total. The van der Waals surface area contributed by atoms with Crippen LogP contribution >= 0.6 is 0 Å². The van der Waals surface area contributed by atoms with E-state index in [0.717, 1.165) is 12.1 Å². The zero-order valence-corrected chi connectivity index (χ0v) is 11.3. The largest absolute Gasteiger partial charge is 0.508 e. The van der Waals surface area contributed by atoms with Gasteiger partial charge in [0, 0.05) is 26.1 Å². The van der Waals surface area contributed by atoms with Crippen molar-refractivity contribution in [1.82, 2.24) is 10.2 Å². The van der Waals surface area contributed by atoms with E-state index in [1.54, 1.807) is 24.1 Å². The van der Waals surface area contributed by atoms with Crippen LogP contribution in [0.25, 0.3) is 0 Å². The first-order valence-corrected chi connectivity index (χ1v) is 6.28. The third-order valence-corrected chi connectivity index (χ3v) is 2.82. The van der Waals surface area contributed by atoms with E-state index in [1.165, 1.54) is 0 Å². The molecule has 1 aromatic carbocycles. The van der Waals surface area contributed by atoms with Gasteiger partial charge in [0.1, 0.15) is 5.75 Å². The molecule has 0 saturated carbocycles. The average molecular weight is 250 g/mol. The van der Waals surface area contributed by atoms with E-state index < -0.39 is 0 Å². The molecule has 1 atom stereocenters. The maximum absolute atomic E-state index is 11.9. The molecule has 0 bridgehead atoms. The van der Waals surface area contributed by atoms with Crippen molar-refractivity contribution < 1.29 is 9.90 Å². The number of nitrogens with zero attached hydrogens (tertiary/aromatic N) is 1. The molecule has 0 aliphatic carbocycles. The van der Waals surface area contributed by atoms with Crippen LogP contribution in [0.4, 0.5) is 0 Å². The highest BCUT2D eigenvalue weighted by molar-refractivity contribution is 5.76. The van der Waals surface area contributed by atoms with Gasteiger partial charge >= 0.3 is 0 Å². The Labute approximate surface area is 109 Å². The molecule has 1 unspecified atom stereocenters. The number of carbonyl (C=O) groups is 1. The molecule has 0 aliphatic rings.